The summed E-state index contributed by atoms with van der Waals surface area (Å²) in [5.74, 6) is -2.32. The minimum absolute atomic E-state index is 0.0350. The lowest BCUT2D eigenvalue weighted by Gasteiger charge is -2.07. The SMILES string of the molecule is NC(CCCC([18F])CC(=O)O)C(=O)O. The van der Waals surface area contributed by atoms with Gasteiger partial charge in [0.1, 0.15) is 12.2 Å². The molecule has 0 aromatic carbocycles. The number of hydrogen-bond acceptors (Lipinski definition) is 3. The first-order valence-corrected chi connectivity index (χ1v) is 4.27. The number of aliphatic carboxylic acids is 2. The van der Waals surface area contributed by atoms with Gasteiger partial charge >= 0.3 is 11.9 Å². The van der Waals surface area contributed by atoms with E-state index < -0.39 is 30.6 Å². The van der Waals surface area contributed by atoms with Crippen molar-refractivity contribution in [2.24, 2.45) is 5.73 Å². The third kappa shape index (κ3) is 6.36. The van der Waals surface area contributed by atoms with Crippen molar-refractivity contribution in [3.63, 3.8) is 0 Å². The highest BCUT2D eigenvalue weighted by atomic mass is 18.2. The van der Waals surface area contributed by atoms with E-state index in [2.05, 4.69) is 0 Å². The first-order chi connectivity index (χ1) is 6.43. The third-order valence-corrected chi connectivity index (χ3v) is 1.75. The van der Waals surface area contributed by atoms with Gasteiger partial charge in [0.25, 0.3) is 0 Å². The average Bonchev–Trinajstić information content (AvgIpc) is 2.02. The predicted molar refractivity (Wildman–Crippen MR) is 46.6 cm³/mol. The van der Waals surface area contributed by atoms with Gasteiger partial charge in [-0.3, -0.25) is 9.59 Å². The van der Waals surface area contributed by atoms with Crippen LogP contribution in [0.4, 0.5) is 4.39 Å². The number of carboxylic acids is 2. The summed E-state index contributed by atoms with van der Waals surface area (Å²) in [4.78, 5) is 20.3. The number of nitrogens with two attached hydrogens (primary N) is 1. The highest BCUT2D eigenvalue weighted by Gasteiger charge is 2.14. The molecule has 0 fully saturated rings. The van der Waals surface area contributed by atoms with Crippen LogP contribution >= 0.6 is 0 Å². The summed E-state index contributed by atoms with van der Waals surface area (Å²) < 4.78 is 12.7. The lowest BCUT2D eigenvalue weighted by molar-refractivity contribution is -0.140. The molecular formula is C8H14FNO4. The Morgan fingerprint density at radius 2 is 1.86 bits per heavy atom. The number of carbonyl (C=O) groups is 2. The highest BCUT2D eigenvalue weighted by molar-refractivity contribution is 5.72. The van der Waals surface area contributed by atoms with Crippen molar-refractivity contribution in [2.45, 2.75) is 37.9 Å². The molecule has 4 N–H and O–H groups in total. The Hall–Kier alpha value is -1.17. The van der Waals surface area contributed by atoms with E-state index in [0.29, 0.717) is 0 Å². The van der Waals surface area contributed by atoms with Crippen molar-refractivity contribution >= 4 is 11.9 Å². The zero-order chi connectivity index (χ0) is 11.1. The first-order valence-electron chi connectivity index (χ1n) is 4.27. The topological polar surface area (TPSA) is 101 Å². The number of halogens is 1. The van der Waals surface area contributed by atoms with Crippen molar-refractivity contribution in [2.75, 3.05) is 0 Å². The maximum Gasteiger partial charge on any atom is 0.320 e. The van der Waals surface area contributed by atoms with Crippen LogP contribution in [0.25, 0.3) is 0 Å². The van der Waals surface area contributed by atoms with Crippen LogP contribution < -0.4 is 5.73 Å². The van der Waals surface area contributed by atoms with Crippen molar-refractivity contribution in [3.8, 4) is 0 Å². The maximum atomic E-state index is 12.7. The van der Waals surface area contributed by atoms with E-state index in [1.807, 2.05) is 0 Å². The second kappa shape index (κ2) is 6.31. The molecule has 0 amide bonds. The van der Waals surface area contributed by atoms with Crippen molar-refractivity contribution < 1.29 is 24.2 Å². The quantitative estimate of drug-likeness (QED) is 0.559. The van der Waals surface area contributed by atoms with Crippen LogP contribution in [0.2, 0.25) is 0 Å². The van der Waals surface area contributed by atoms with Gasteiger partial charge in [-0.05, 0) is 19.3 Å². The monoisotopic (exact) mass is 206 g/mol. The van der Waals surface area contributed by atoms with E-state index in [-0.39, 0.29) is 19.3 Å². The van der Waals surface area contributed by atoms with E-state index in [4.69, 9.17) is 15.9 Å². The van der Waals surface area contributed by atoms with Gasteiger partial charge in [0.15, 0.2) is 0 Å². The van der Waals surface area contributed by atoms with Crippen molar-refractivity contribution in [1.82, 2.24) is 0 Å². The Morgan fingerprint density at radius 1 is 1.29 bits per heavy atom. The van der Waals surface area contributed by atoms with Crippen molar-refractivity contribution in [1.29, 1.82) is 0 Å². The van der Waals surface area contributed by atoms with Crippen LogP contribution in [0, 0.1) is 0 Å². The third-order valence-electron chi connectivity index (χ3n) is 1.75. The van der Waals surface area contributed by atoms with Crippen molar-refractivity contribution in [3.05, 3.63) is 0 Å². The summed E-state index contributed by atoms with van der Waals surface area (Å²) in [6, 6.07) is -0.993. The Labute approximate surface area is 80.7 Å². The van der Waals surface area contributed by atoms with Gasteiger partial charge in [0.2, 0.25) is 0 Å². The normalized spacial score (nSPS) is 14.7. The Balaban J connectivity index is 3.53. The summed E-state index contributed by atoms with van der Waals surface area (Å²) in [6.07, 6.45) is -1.49. The van der Waals surface area contributed by atoms with Gasteiger partial charge in [-0.1, -0.05) is 0 Å². The van der Waals surface area contributed by atoms with E-state index in [0.717, 1.165) is 0 Å². The number of rotatable bonds is 7. The fourth-order valence-corrected chi connectivity index (χ4v) is 0.974. The molecule has 0 saturated heterocycles. The molecule has 2 atom stereocenters. The van der Waals surface area contributed by atoms with Gasteiger partial charge in [0, 0.05) is 0 Å². The first kappa shape index (κ1) is 12.8. The van der Waals surface area contributed by atoms with E-state index in [1.54, 1.807) is 0 Å². The summed E-state index contributed by atoms with van der Waals surface area (Å²) in [7, 11) is 0. The molecule has 6 heteroatoms. The predicted octanol–water partition coefficient (Wildman–Crippen LogP) is 0.381. The molecule has 0 aliphatic heterocycles. The second-order valence-electron chi connectivity index (χ2n) is 3.07. The number of alkyl halides is 1. The molecule has 5 nitrogen and oxygen atoms in total. The maximum absolute atomic E-state index is 12.7. The molecule has 0 heterocycles. The lowest BCUT2D eigenvalue weighted by Crippen LogP contribution is -2.30. The van der Waals surface area contributed by atoms with Gasteiger partial charge in [0.05, 0.1) is 6.42 Å². The average molecular weight is 206 g/mol. The van der Waals surface area contributed by atoms with Crippen LogP contribution in [0.15, 0.2) is 0 Å². The molecule has 0 spiro atoms. The Bertz CT molecular complexity index is 210. The van der Waals surface area contributed by atoms with E-state index in [9.17, 15) is 14.0 Å². The van der Waals surface area contributed by atoms with E-state index >= 15 is 0 Å². The largest absolute Gasteiger partial charge is 0.481 e. The fourth-order valence-electron chi connectivity index (χ4n) is 0.974. The molecule has 0 aliphatic carbocycles. The van der Waals surface area contributed by atoms with Gasteiger partial charge in [-0.25, -0.2) is 4.39 Å². The van der Waals surface area contributed by atoms with Gasteiger partial charge < -0.3 is 15.9 Å². The summed E-state index contributed by atoms with van der Waals surface area (Å²) in [6.45, 7) is 0. The van der Waals surface area contributed by atoms with Gasteiger partial charge in [-0.2, -0.15) is 0 Å². The van der Waals surface area contributed by atoms with E-state index in [1.165, 1.54) is 0 Å². The molecule has 0 rings (SSSR count). The molecule has 0 saturated carbocycles. The fraction of sp³-hybridized carbons (Fsp3) is 0.750. The Kier molecular flexibility index (Phi) is 5.78. The second-order valence-corrected chi connectivity index (χ2v) is 3.07. The van der Waals surface area contributed by atoms with Crippen LogP contribution in [0.5, 0.6) is 0 Å². The minimum atomic E-state index is -1.42. The molecule has 2 unspecified atom stereocenters. The smallest absolute Gasteiger partial charge is 0.320 e. The summed E-state index contributed by atoms with van der Waals surface area (Å²) >= 11 is 0. The van der Waals surface area contributed by atoms with Crippen LogP contribution in [0.3, 0.4) is 0 Å². The summed E-state index contributed by atoms with van der Waals surface area (Å²) in [5.41, 5.74) is 5.17. The molecule has 0 aromatic heterocycles. The zero-order valence-electron chi connectivity index (χ0n) is 7.65. The molecule has 0 bridgehead atoms. The minimum Gasteiger partial charge on any atom is -0.481 e. The zero-order valence-corrected chi connectivity index (χ0v) is 7.65. The van der Waals surface area contributed by atoms with Crippen LogP contribution in [-0.4, -0.2) is 34.4 Å². The standard InChI is InChI=1S/C8H14FNO4/c9-5(4-7(11)12)2-1-3-6(10)8(13)14/h5-6H,1-4,10H2,(H,11,12)(H,13,14)/i9-1. The molecule has 14 heavy (non-hydrogen) atoms. The molecule has 82 valence electrons. The molecule has 0 aromatic rings. The number of carboxylic acid groups (broad SMARTS) is 2. The highest BCUT2D eigenvalue weighted by Crippen LogP contribution is 2.09. The molecule has 0 aliphatic rings. The van der Waals surface area contributed by atoms with Crippen LogP contribution in [-0.2, 0) is 9.59 Å². The van der Waals surface area contributed by atoms with Crippen LogP contribution in [0.1, 0.15) is 25.7 Å². The Morgan fingerprint density at radius 3 is 2.29 bits per heavy atom. The lowest BCUT2D eigenvalue weighted by atomic mass is 10.1. The molecule has 0 radical (unpaired) electrons. The molecular weight excluding hydrogens is 192 g/mol. The van der Waals surface area contributed by atoms with Gasteiger partial charge in [-0.15, -0.1) is 0 Å². The number of hydrogen-bond donors (Lipinski definition) is 3. The summed E-state index contributed by atoms with van der Waals surface area (Å²) in [5, 5.41) is 16.6.